The van der Waals surface area contributed by atoms with Crippen LogP contribution in [0.5, 0.6) is 0 Å². The second kappa shape index (κ2) is 4.19. The van der Waals surface area contributed by atoms with Gasteiger partial charge >= 0.3 is 5.51 Å². The van der Waals surface area contributed by atoms with Gasteiger partial charge in [0, 0.05) is 4.90 Å². The molecule has 1 aliphatic rings. The Kier molecular flexibility index (Phi) is 3.26. The van der Waals surface area contributed by atoms with Crippen molar-refractivity contribution >= 4 is 26.0 Å². The average Bonchev–Trinajstić information content (AvgIpc) is 2.52. The van der Waals surface area contributed by atoms with Crippen molar-refractivity contribution in [3.63, 3.8) is 0 Å². The fraction of sp³-hybridized carbons (Fsp3) is 0.429. The van der Waals surface area contributed by atoms with Gasteiger partial charge in [0.1, 0.15) is 0 Å². The van der Waals surface area contributed by atoms with Crippen molar-refractivity contribution in [1.82, 2.24) is 0 Å². The van der Waals surface area contributed by atoms with Crippen LogP contribution in [0, 0.1) is 12.3 Å². The van der Waals surface area contributed by atoms with Crippen LogP contribution >= 0.6 is 19.9 Å². The number of aryl methyl sites for hydroxylation is 1. The van der Waals surface area contributed by atoms with Crippen molar-refractivity contribution in [2.45, 2.75) is 38.1 Å². The first-order valence-electron chi connectivity index (χ1n) is 5.90. The lowest BCUT2D eigenvalue weighted by Crippen LogP contribution is -2.22. The Hall–Kier alpha value is -0.610. The SMILES string of the molecule is Cc1ccc2c(c1)S(Cl)(C(F)(F)F)C(C(C)(C)C)=C2. The van der Waals surface area contributed by atoms with Gasteiger partial charge in [0.15, 0.2) is 0 Å². The number of rotatable bonds is 0. The second-order valence-electron chi connectivity index (χ2n) is 5.78. The zero-order valence-corrected chi connectivity index (χ0v) is 12.8. The summed E-state index contributed by atoms with van der Waals surface area (Å²) in [5.74, 6) is 0. The summed E-state index contributed by atoms with van der Waals surface area (Å²) in [5, 5.41) is 0. The van der Waals surface area contributed by atoms with Gasteiger partial charge in [-0.2, -0.15) is 13.2 Å². The van der Waals surface area contributed by atoms with E-state index in [-0.39, 0.29) is 9.80 Å². The summed E-state index contributed by atoms with van der Waals surface area (Å²) < 4.78 is 40.8. The zero-order chi connectivity index (χ0) is 14.6. The van der Waals surface area contributed by atoms with E-state index in [0.717, 1.165) is 5.56 Å². The third kappa shape index (κ3) is 2.19. The average molecular weight is 309 g/mol. The van der Waals surface area contributed by atoms with Crippen LogP contribution in [0.4, 0.5) is 13.2 Å². The van der Waals surface area contributed by atoms with E-state index in [1.165, 1.54) is 0 Å². The van der Waals surface area contributed by atoms with E-state index in [0.29, 0.717) is 5.56 Å². The van der Waals surface area contributed by atoms with Crippen molar-refractivity contribution in [2.24, 2.45) is 5.41 Å². The monoisotopic (exact) mass is 308 g/mol. The minimum Gasteiger partial charge on any atom is -0.160 e. The first kappa shape index (κ1) is 14.8. The third-order valence-corrected chi connectivity index (χ3v) is 7.58. The quantitative estimate of drug-likeness (QED) is 0.532. The van der Waals surface area contributed by atoms with E-state index < -0.39 is 20.2 Å². The smallest absolute Gasteiger partial charge is 0.160 e. The summed E-state index contributed by atoms with van der Waals surface area (Å²) in [6.45, 7) is 7.09. The van der Waals surface area contributed by atoms with Gasteiger partial charge in [-0.1, -0.05) is 32.9 Å². The maximum atomic E-state index is 13.6. The van der Waals surface area contributed by atoms with Crippen LogP contribution in [0.25, 0.3) is 6.08 Å². The molecule has 0 aromatic heterocycles. The molecule has 0 fully saturated rings. The number of allylic oxidation sites excluding steroid dienone is 1. The highest BCUT2D eigenvalue weighted by atomic mass is 35.7. The molecule has 1 aromatic carbocycles. The highest BCUT2D eigenvalue weighted by Gasteiger charge is 2.58. The lowest BCUT2D eigenvalue weighted by molar-refractivity contribution is -0.0362. The van der Waals surface area contributed by atoms with E-state index in [9.17, 15) is 13.2 Å². The molecule has 0 saturated carbocycles. The van der Waals surface area contributed by atoms with Gasteiger partial charge in [0.05, 0.1) is 0 Å². The number of hydrogen-bond acceptors (Lipinski definition) is 0. The molecule has 1 heterocycles. The molecule has 5 heteroatoms. The predicted molar refractivity (Wildman–Crippen MR) is 76.4 cm³/mol. The molecule has 1 aliphatic heterocycles. The van der Waals surface area contributed by atoms with Crippen molar-refractivity contribution in [2.75, 3.05) is 0 Å². The van der Waals surface area contributed by atoms with Gasteiger partial charge in [-0.15, -0.1) is 0 Å². The van der Waals surface area contributed by atoms with E-state index >= 15 is 0 Å². The van der Waals surface area contributed by atoms with Crippen molar-refractivity contribution in [3.05, 3.63) is 34.2 Å². The number of benzene rings is 1. The Labute approximate surface area is 117 Å². The molecule has 0 spiro atoms. The summed E-state index contributed by atoms with van der Waals surface area (Å²) in [6, 6.07) is 5.10. The van der Waals surface area contributed by atoms with E-state index in [1.54, 1.807) is 45.9 Å². The zero-order valence-electron chi connectivity index (χ0n) is 11.2. The molecule has 106 valence electrons. The maximum absolute atomic E-state index is 13.6. The molecule has 1 aromatic rings. The van der Waals surface area contributed by atoms with Gasteiger partial charge < -0.3 is 0 Å². The number of hydrogen-bond donors (Lipinski definition) is 0. The van der Waals surface area contributed by atoms with E-state index in [2.05, 4.69) is 0 Å². The fourth-order valence-corrected chi connectivity index (χ4v) is 6.13. The molecule has 0 saturated heterocycles. The Morgan fingerprint density at radius 2 is 1.68 bits per heavy atom. The van der Waals surface area contributed by atoms with Gasteiger partial charge in [-0.05, 0) is 60.4 Å². The molecule has 0 radical (unpaired) electrons. The van der Waals surface area contributed by atoms with E-state index in [1.807, 2.05) is 6.07 Å². The van der Waals surface area contributed by atoms with Crippen LogP contribution in [0.15, 0.2) is 28.0 Å². The molecule has 0 amide bonds. The molecule has 19 heavy (non-hydrogen) atoms. The van der Waals surface area contributed by atoms with Gasteiger partial charge in [0.2, 0.25) is 0 Å². The topological polar surface area (TPSA) is 0 Å². The lowest BCUT2D eigenvalue weighted by Gasteiger charge is -2.39. The number of alkyl halides is 3. The van der Waals surface area contributed by atoms with Gasteiger partial charge in [-0.25, -0.2) is 0 Å². The number of fused-ring (bicyclic) bond motifs is 1. The van der Waals surface area contributed by atoms with Gasteiger partial charge in [-0.3, -0.25) is 0 Å². The Balaban J connectivity index is 2.75. The molecule has 0 aliphatic carbocycles. The maximum Gasteiger partial charge on any atom is 0.445 e. The van der Waals surface area contributed by atoms with Crippen LogP contribution in [0.3, 0.4) is 0 Å². The van der Waals surface area contributed by atoms with Crippen LogP contribution in [0.1, 0.15) is 31.9 Å². The van der Waals surface area contributed by atoms with Crippen LogP contribution < -0.4 is 0 Å². The highest BCUT2D eigenvalue weighted by molar-refractivity contribution is 8.54. The highest BCUT2D eigenvalue weighted by Crippen LogP contribution is 2.82. The fourth-order valence-electron chi connectivity index (χ4n) is 2.23. The first-order valence-corrected chi connectivity index (χ1v) is 8.36. The van der Waals surface area contributed by atoms with Crippen molar-refractivity contribution in [3.8, 4) is 0 Å². The summed E-state index contributed by atoms with van der Waals surface area (Å²) in [5.41, 5.74) is -3.66. The summed E-state index contributed by atoms with van der Waals surface area (Å²) in [6.07, 6.45) is 1.62. The first-order chi connectivity index (χ1) is 8.48. The molecule has 0 N–H and O–H groups in total. The van der Waals surface area contributed by atoms with E-state index in [4.69, 9.17) is 10.7 Å². The summed E-state index contributed by atoms with van der Waals surface area (Å²) >= 11 is 0. The standard InChI is InChI=1S/C14H16ClF3S/c1-9-5-6-10-8-12(13(2,3)4)19(15,11(10)7-9)14(16,17)18/h5-8H,1-4H3. The largest absolute Gasteiger partial charge is 0.445 e. The Morgan fingerprint density at radius 1 is 1.11 bits per heavy atom. The number of halogens is 4. The lowest BCUT2D eigenvalue weighted by atomic mass is 9.95. The second-order valence-corrected chi connectivity index (χ2v) is 9.59. The third-order valence-electron chi connectivity index (χ3n) is 3.12. The van der Waals surface area contributed by atoms with Crippen molar-refractivity contribution in [1.29, 1.82) is 0 Å². The molecular weight excluding hydrogens is 293 g/mol. The van der Waals surface area contributed by atoms with Gasteiger partial charge in [0.25, 0.3) is 0 Å². The summed E-state index contributed by atoms with van der Waals surface area (Å²) in [4.78, 5) is 0.515. The minimum atomic E-state index is -4.44. The minimum absolute atomic E-state index is 0.228. The normalized spacial score (nSPS) is 26.6. The predicted octanol–water partition coefficient (Wildman–Crippen LogP) is 6.23. The van der Waals surface area contributed by atoms with Crippen molar-refractivity contribution < 1.29 is 13.2 Å². The molecule has 2 rings (SSSR count). The molecule has 0 bridgehead atoms. The summed E-state index contributed by atoms with van der Waals surface area (Å²) in [7, 11) is 2.72. The van der Waals surface area contributed by atoms with Crippen LogP contribution in [-0.2, 0) is 0 Å². The van der Waals surface area contributed by atoms with Crippen LogP contribution in [0.2, 0.25) is 0 Å². The Morgan fingerprint density at radius 3 is 2.16 bits per heavy atom. The molecule has 1 unspecified atom stereocenters. The molecule has 1 atom stereocenters. The van der Waals surface area contributed by atoms with Crippen LogP contribution in [-0.4, -0.2) is 5.51 Å². The molecular formula is C14H16ClF3S. The Bertz CT molecular complexity index is 555. The molecule has 0 nitrogen and oxygen atoms in total.